The van der Waals surface area contributed by atoms with E-state index in [1.165, 1.54) is 57.3 Å². The van der Waals surface area contributed by atoms with Crippen molar-refractivity contribution in [2.24, 2.45) is 29.1 Å². The molecule has 4 saturated carbocycles. The lowest BCUT2D eigenvalue weighted by Gasteiger charge is -2.58. The molecule has 5 aliphatic rings. The molecule has 3 N–H and O–H groups in total. The Bertz CT molecular complexity index is 986. The molecule has 0 aromatic heterocycles. The molecule has 34 heavy (non-hydrogen) atoms. The lowest BCUT2D eigenvalue weighted by Crippen LogP contribution is -2.52. The lowest BCUT2D eigenvalue weighted by molar-refractivity contribution is -0.0723. The summed E-state index contributed by atoms with van der Waals surface area (Å²) >= 11 is 0. The molecule has 1 aliphatic heterocycles. The van der Waals surface area contributed by atoms with Crippen molar-refractivity contribution >= 4 is 17.3 Å². The molecule has 0 atom stereocenters. The first-order chi connectivity index (χ1) is 16.5. The fourth-order valence-electron chi connectivity index (χ4n) is 8.24. The molecule has 5 fully saturated rings. The third-order valence-electron chi connectivity index (χ3n) is 9.38. The van der Waals surface area contributed by atoms with E-state index in [0.717, 1.165) is 30.1 Å². The summed E-state index contributed by atoms with van der Waals surface area (Å²) in [4.78, 5) is 15.4. The van der Waals surface area contributed by atoms with Crippen LogP contribution < -0.4 is 11.1 Å². The van der Waals surface area contributed by atoms with Crippen LogP contribution in [0.25, 0.3) is 0 Å². The molecule has 180 valence electrons. The smallest absolute Gasteiger partial charge is 0.255 e. The number of carbonyl (C=O) groups excluding carboxylic acids is 1. The third kappa shape index (κ3) is 4.62. The van der Waals surface area contributed by atoms with Crippen molar-refractivity contribution in [1.29, 1.82) is 0 Å². The summed E-state index contributed by atoms with van der Waals surface area (Å²) in [5.74, 6) is 3.82. The van der Waals surface area contributed by atoms with E-state index in [1.54, 1.807) is 25.3 Å². The summed E-state index contributed by atoms with van der Waals surface area (Å²) in [6, 6.07) is 15.5. The van der Waals surface area contributed by atoms with Gasteiger partial charge in [0, 0.05) is 12.1 Å². The average molecular weight is 458 g/mol. The molecular formula is C30H39N3O. The summed E-state index contributed by atoms with van der Waals surface area (Å²) in [7, 11) is 0. The highest BCUT2D eigenvalue weighted by atomic mass is 16.1. The molecule has 4 heteroatoms. The van der Waals surface area contributed by atoms with Gasteiger partial charge >= 0.3 is 0 Å². The van der Waals surface area contributed by atoms with Gasteiger partial charge in [0.15, 0.2) is 0 Å². The average Bonchev–Trinajstić information content (AvgIpc) is 2.81. The normalized spacial score (nSPS) is 31.0. The zero-order chi connectivity index (χ0) is 23.1. The summed E-state index contributed by atoms with van der Waals surface area (Å²) in [6.07, 6.45) is 12.9. The zero-order valence-electron chi connectivity index (χ0n) is 20.3. The first-order valence-electron chi connectivity index (χ1n) is 13.5. The fourth-order valence-corrected chi connectivity index (χ4v) is 8.24. The van der Waals surface area contributed by atoms with Gasteiger partial charge in [0.1, 0.15) is 0 Å². The second-order valence-corrected chi connectivity index (χ2v) is 12.1. The van der Waals surface area contributed by atoms with Crippen molar-refractivity contribution in [2.45, 2.75) is 57.8 Å². The summed E-state index contributed by atoms with van der Waals surface area (Å²) in [5, 5.41) is 2.92. The summed E-state index contributed by atoms with van der Waals surface area (Å²) in [6.45, 7) is 3.91. The molecule has 4 aliphatic carbocycles. The molecular weight excluding hydrogens is 418 g/mol. The predicted octanol–water partition coefficient (Wildman–Crippen LogP) is 5.99. The molecule has 2 aromatic rings. The van der Waals surface area contributed by atoms with E-state index in [1.807, 2.05) is 30.3 Å². The molecule has 0 spiro atoms. The van der Waals surface area contributed by atoms with Crippen LogP contribution in [-0.4, -0.2) is 30.4 Å². The van der Waals surface area contributed by atoms with E-state index in [-0.39, 0.29) is 5.91 Å². The van der Waals surface area contributed by atoms with Gasteiger partial charge in [-0.05, 0) is 130 Å². The number of nitrogen functional groups attached to an aromatic ring is 1. The van der Waals surface area contributed by atoms with Gasteiger partial charge < -0.3 is 16.0 Å². The molecule has 4 nitrogen and oxygen atoms in total. The van der Waals surface area contributed by atoms with Crippen molar-refractivity contribution in [3.05, 3.63) is 59.7 Å². The van der Waals surface area contributed by atoms with E-state index in [4.69, 9.17) is 5.73 Å². The van der Waals surface area contributed by atoms with E-state index >= 15 is 0 Å². The van der Waals surface area contributed by atoms with Crippen LogP contribution in [0, 0.1) is 29.1 Å². The number of nitrogens with two attached hydrogens (primary N) is 1. The minimum Gasteiger partial charge on any atom is -0.397 e. The van der Waals surface area contributed by atoms with Crippen LogP contribution in [0.15, 0.2) is 48.5 Å². The lowest BCUT2D eigenvalue weighted by atomic mass is 9.49. The highest BCUT2D eigenvalue weighted by molar-refractivity contribution is 6.05. The number of nitrogens with zero attached hydrogens (tertiary/aromatic N) is 1. The predicted molar refractivity (Wildman–Crippen MR) is 139 cm³/mol. The fraction of sp³-hybridized carbons (Fsp3) is 0.567. The van der Waals surface area contributed by atoms with Gasteiger partial charge in [-0.2, -0.15) is 0 Å². The quantitative estimate of drug-likeness (QED) is 0.524. The van der Waals surface area contributed by atoms with Gasteiger partial charge in [-0.15, -0.1) is 0 Å². The molecule has 0 radical (unpaired) electrons. The number of hydrogen-bond donors (Lipinski definition) is 2. The topological polar surface area (TPSA) is 58.4 Å². The van der Waals surface area contributed by atoms with E-state index < -0.39 is 0 Å². The number of carbonyl (C=O) groups is 1. The number of amides is 1. The van der Waals surface area contributed by atoms with E-state index in [0.29, 0.717) is 22.4 Å². The van der Waals surface area contributed by atoms with Crippen LogP contribution >= 0.6 is 0 Å². The number of likely N-dealkylation sites (tertiary alicyclic amines) is 1. The maximum atomic E-state index is 12.6. The standard InChI is InChI=1S/C30H39N3O/c31-27-3-1-2-4-28(27)32-29(34)26-7-5-21(6-8-26)13-22-9-11-33(12-10-22)20-30-17-23-14-24(18-30)16-25(15-23)19-30/h1-8,22-25H,9-20,31H2,(H,32,34). The van der Waals surface area contributed by atoms with Gasteiger partial charge in [0.05, 0.1) is 11.4 Å². The highest BCUT2D eigenvalue weighted by Gasteiger charge is 2.51. The van der Waals surface area contributed by atoms with Crippen LogP contribution in [0.2, 0.25) is 0 Å². The largest absolute Gasteiger partial charge is 0.397 e. The Morgan fingerprint density at radius 2 is 1.53 bits per heavy atom. The van der Waals surface area contributed by atoms with E-state index in [2.05, 4.69) is 22.3 Å². The Hall–Kier alpha value is -2.33. The Balaban J connectivity index is 0.993. The second-order valence-electron chi connectivity index (χ2n) is 12.1. The van der Waals surface area contributed by atoms with Gasteiger partial charge in [-0.25, -0.2) is 0 Å². The van der Waals surface area contributed by atoms with Gasteiger partial charge in [-0.1, -0.05) is 24.3 Å². The van der Waals surface area contributed by atoms with Gasteiger partial charge in [0.2, 0.25) is 0 Å². The maximum absolute atomic E-state index is 12.6. The molecule has 2 aromatic carbocycles. The monoisotopic (exact) mass is 457 g/mol. The number of nitrogens with one attached hydrogen (secondary N) is 1. The molecule has 7 rings (SSSR count). The van der Waals surface area contributed by atoms with Gasteiger partial charge in [-0.3, -0.25) is 4.79 Å². The first-order valence-corrected chi connectivity index (χ1v) is 13.5. The molecule has 1 heterocycles. The third-order valence-corrected chi connectivity index (χ3v) is 9.38. The highest BCUT2D eigenvalue weighted by Crippen LogP contribution is 2.60. The zero-order valence-corrected chi connectivity index (χ0v) is 20.3. The number of benzene rings is 2. The maximum Gasteiger partial charge on any atom is 0.255 e. The Kier molecular flexibility index (Phi) is 5.89. The van der Waals surface area contributed by atoms with Crippen molar-refractivity contribution < 1.29 is 4.79 Å². The minimum absolute atomic E-state index is 0.109. The van der Waals surface area contributed by atoms with Crippen LogP contribution in [0.3, 0.4) is 0 Å². The Labute approximate surface area is 204 Å². The Morgan fingerprint density at radius 1 is 0.912 bits per heavy atom. The van der Waals surface area contributed by atoms with Crippen LogP contribution in [0.5, 0.6) is 0 Å². The summed E-state index contributed by atoms with van der Waals surface area (Å²) < 4.78 is 0. The van der Waals surface area contributed by atoms with Crippen LogP contribution in [-0.2, 0) is 6.42 Å². The van der Waals surface area contributed by atoms with Crippen LogP contribution in [0.1, 0.15) is 67.3 Å². The summed E-state index contributed by atoms with van der Waals surface area (Å²) in [5.41, 5.74) is 9.89. The van der Waals surface area contributed by atoms with Crippen molar-refractivity contribution in [2.75, 3.05) is 30.7 Å². The van der Waals surface area contributed by atoms with Gasteiger partial charge in [0.25, 0.3) is 5.91 Å². The molecule has 0 unspecified atom stereocenters. The SMILES string of the molecule is Nc1ccccc1NC(=O)c1ccc(CC2CCN(CC34CC5CC(CC(C5)C3)C4)CC2)cc1. The second kappa shape index (κ2) is 9.03. The number of rotatable bonds is 6. The Morgan fingerprint density at radius 3 is 2.15 bits per heavy atom. The van der Waals surface area contributed by atoms with Crippen molar-refractivity contribution in [1.82, 2.24) is 4.90 Å². The van der Waals surface area contributed by atoms with E-state index in [9.17, 15) is 4.79 Å². The minimum atomic E-state index is -0.109. The van der Waals surface area contributed by atoms with Crippen LogP contribution in [0.4, 0.5) is 11.4 Å². The first kappa shape index (κ1) is 22.2. The molecule has 1 saturated heterocycles. The molecule has 1 amide bonds. The number of hydrogen-bond acceptors (Lipinski definition) is 3. The van der Waals surface area contributed by atoms with Crippen molar-refractivity contribution in [3.63, 3.8) is 0 Å². The van der Waals surface area contributed by atoms with Crippen molar-refractivity contribution in [3.8, 4) is 0 Å². The molecule has 4 bridgehead atoms. The number of para-hydroxylation sites is 2. The number of piperidine rings is 1. The number of anilines is 2.